The molecule has 0 saturated heterocycles. The molecular formula is C20H26IOSi+. The lowest BCUT2D eigenvalue weighted by Crippen LogP contribution is -3.62. The first-order valence-corrected chi connectivity index (χ1v) is 13.6. The van der Waals surface area contributed by atoms with Crippen molar-refractivity contribution in [3.05, 3.63) is 61.2 Å². The molecule has 0 atom stereocenters. The molecule has 0 amide bonds. The van der Waals surface area contributed by atoms with Crippen LogP contribution >= 0.6 is 0 Å². The van der Waals surface area contributed by atoms with E-state index in [0.717, 1.165) is 5.56 Å². The highest BCUT2D eigenvalue weighted by Gasteiger charge is 2.31. The molecule has 1 nitrogen and oxygen atoms in total. The van der Waals surface area contributed by atoms with E-state index in [2.05, 4.69) is 62.1 Å². The van der Waals surface area contributed by atoms with E-state index >= 15 is 0 Å². The smallest absolute Gasteiger partial charge is 0.294 e. The van der Waals surface area contributed by atoms with Crippen LogP contribution in [0.1, 0.15) is 31.1 Å². The first-order chi connectivity index (χ1) is 10.6. The molecule has 0 fully saturated rings. The van der Waals surface area contributed by atoms with Gasteiger partial charge < -0.3 is 0 Å². The van der Waals surface area contributed by atoms with Crippen molar-refractivity contribution in [1.82, 2.24) is 0 Å². The van der Waals surface area contributed by atoms with Crippen LogP contribution in [-0.4, -0.2) is 13.9 Å². The molecule has 0 aliphatic carbocycles. The van der Waals surface area contributed by atoms with Crippen molar-refractivity contribution in [1.29, 1.82) is 0 Å². The Balaban J connectivity index is 2.49. The minimum absolute atomic E-state index is 0.234. The van der Waals surface area contributed by atoms with Crippen molar-refractivity contribution in [3.8, 4) is 0 Å². The number of halogens is 1. The zero-order chi connectivity index (χ0) is 17.3. The average molecular weight is 437 g/mol. The lowest BCUT2D eigenvalue weighted by atomic mass is 9.87. The third kappa shape index (κ3) is 4.77. The van der Waals surface area contributed by atoms with E-state index < -0.39 is 8.07 Å². The van der Waals surface area contributed by atoms with Crippen LogP contribution in [0, 0.1) is 12.6 Å². The Morgan fingerprint density at radius 2 is 1.57 bits per heavy atom. The van der Waals surface area contributed by atoms with Gasteiger partial charge in [0.05, 0.1) is 8.07 Å². The van der Waals surface area contributed by atoms with E-state index in [1.165, 1.54) is 12.3 Å². The summed E-state index contributed by atoms with van der Waals surface area (Å²) in [6.07, 6.45) is 0. The number of rotatable bonds is 4. The molecule has 0 bridgehead atoms. The maximum atomic E-state index is 12.7. The first-order valence-electron chi connectivity index (χ1n) is 7.98. The predicted octanol–water partition coefficient (Wildman–Crippen LogP) is 1.59. The van der Waals surface area contributed by atoms with E-state index in [1.807, 2.05) is 26.8 Å². The van der Waals surface area contributed by atoms with Crippen molar-refractivity contribution in [2.24, 2.45) is 5.41 Å². The van der Waals surface area contributed by atoms with Gasteiger partial charge in [0.2, 0.25) is 0 Å². The number of ketones is 1. The molecule has 2 aromatic rings. The topological polar surface area (TPSA) is 17.1 Å². The second kappa shape index (κ2) is 6.89. The summed E-state index contributed by atoms with van der Waals surface area (Å²) in [7, 11) is -1.42. The van der Waals surface area contributed by atoms with Crippen LogP contribution in [0.3, 0.4) is 0 Å². The van der Waals surface area contributed by atoms with E-state index in [1.54, 1.807) is 0 Å². The predicted molar refractivity (Wildman–Crippen MR) is 97.0 cm³/mol. The van der Waals surface area contributed by atoms with Crippen molar-refractivity contribution in [2.45, 2.75) is 40.4 Å². The lowest BCUT2D eigenvalue weighted by molar-refractivity contribution is -0.596. The second-order valence-electron chi connectivity index (χ2n) is 7.91. The Bertz CT molecular complexity index is 694. The van der Waals surface area contributed by atoms with Crippen LogP contribution < -0.4 is 26.4 Å². The van der Waals surface area contributed by atoms with Crippen LogP contribution in [0.4, 0.5) is 0 Å². The number of Topliss-reactive ketones (excluding diaryl/α,β-unsaturated/α-hetero) is 1. The maximum absolute atomic E-state index is 12.7. The van der Waals surface area contributed by atoms with Gasteiger partial charge in [-0.05, 0) is 17.3 Å². The molecule has 0 radical (unpaired) electrons. The third-order valence-corrected chi connectivity index (χ3v) is 9.04. The molecule has 0 aliphatic rings. The summed E-state index contributed by atoms with van der Waals surface area (Å²) in [5.41, 5.74) is 0.536. The summed E-state index contributed by atoms with van der Waals surface area (Å²) in [4.78, 5) is 12.7. The highest BCUT2D eigenvalue weighted by molar-refractivity contribution is 6.88. The lowest BCUT2D eigenvalue weighted by Gasteiger charge is -2.19. The van der Waals surface area contributed by atoms with Gasteiger partial charge in [-0.25, -0.2) is 0 Å². The maximum Gasteiger partial charge on any atom is 0.357 e. The van der Waals surface area contributed by atoms with Crippen molar-refractivity contribution >= 4 is 19.0 Å². The van der Waals surface area contributed by atoms with Gasteiger partial charge in [-0.3, -0.25) is 4.79 Å². The van der Waals surface area contributed by atoms with Crippen LogP contribution in [0.5, 0.6) is 0 Å². The van der Waals surface area contributed by atoms with Crippen LogP contribution in [0.2, 0.25) is 19.6 Å². The summed E-state index contributed by atoms with van der Waals surface area (Å²) in [6.45, 7) is 13.1. The third-order valence-electron chi connectivity index (χ3n) is 3.66. The van der Waals surface area contributed by atoms with E-state index in [9.17, 15) is 4.79 Å². The van der Waals surface area contributed by atoms with Crippen molar-refractivity contribution in [3.63, 3.8) is 0 Å². The van der Waals surface area contributed by atoms with Crippen LogP contribution in [0.25, 0.3) is 0 Å². The summed E-state index contributed by atoms with van der Waals surface area (Å²) in [5.74, 6) is 0.234. The van der Waals surface area contributed by atoms with Crippen LogP contribution in [-0.2, 0) is 0 Å². The first kappa shape index (κ1) is 18.4. The van der Waals surface area contributed by atoms with Gasteiger partial charge in [0.25, 0.3) is 0 Å². The Morgan fingerprint density at radius 3 is 2.09 bits per heavy atom. The zero-order valence-corrected chi connectivity index (χ0v) is 18.1. The number of carbonyl (C=O) groups is 1. The Kier molecular flexibility index (Phi) is 5.51. The normalized spacial score (nSPS) is 12.3. The molecule has 0 saturated carbocycles. The molecule has 2 aromatic carbocycles. The molecular weight excluding hydrogens is 411 g/mol. The molecule has 23 heavy (non-hydrogen) atoms. The van der Waals surface area contributed by atoms with Crippen molar-refractivity contribution in [2.75, 3.05) is 0 Å². The molecule has 0 spiro atoms. The highest BCUT2D eigenvalue weighted by Crippen LogP contribution is 2.20. The fraction of sp³-hybridized carbons (Fsp3) is 0.350. The molecule has 0 aromatic heterocycles. The van der Waals surface area contributed by atoms with E-state index in [4.69, 9.17) is 0 Å². The molecule has 0 N–H and O–H groups in total. The number of benzene rings is 2. The van der Waals surface area contributed by atoms with Gasteiger partial charge in [-0.2, -0.15) is 0 Å². The number of carbonyl (C=O) groups excluding carboxylic acids is 1. The molecule has 0 unspecified atom stereocenters. The van der Waals surface area contributed by atoms with Gasteiger partial charge in [-0.15, -0.1) is 0 Å². The summed E-state index contributed by atoms with van der Waals surface area (Å²) < 4.78 is 2.83. The number of hydrogen-bond acceptors (Lipinski definition) is 1. The molecule has 0 aliphatic heterocycles. The SMILES string of the molecule is CC(C)(C)C(=O)c1ccc([Si](C)(C)C)c([I+]c2ccccc2)c1. The van der Waals surface area contributed by atoms with E-state index in [0.29, 0.717) is 0 Å². The fourth-order valence-electron chi connectivity index (χ4n) is 2.37. The average Bonchev–Trinajstić information content (AvgIpc) is 2.45. The van der Waals surface area contributed by atoms with Crippen molar-refractivity contribution < 1.29 is 26.0 Å². The highest BCUT2D eigenvalue weighted by atomic mass is 127. The number of hydrogen-bond donors (Lipinski definition) is 0. The summed E-state index contributed by atoms with van der Waals surface area (Å²) in [5, 5.41) is 1.50. The minimum Gasteiger partial charge on any atom is -0.294 e. The fourth-order valence-corrected chi connectivity index (χ4v) is 8.89. The molecule has 3 heteroatoms. The Morgan fingerprint density at radius 1 is 0.957 bits per heavy atom. The zero-order valence-electron chi connectivity index (χ0n) is 14.9. The Hall–Kier alpha value is -0.943. The van der Waals surface area contributed by atoms with Gasteiger partial charge in [0.1, 0.15) is 0 Å². The van der Waals surface area contributed by atoms with Gasteiger partial charge >= 0.3 is 21.2 Å². The van der Waals surface area contributed by atoms with E-state index in [-0.39, 0.29) is 32.4 Å². The quantitative estimate of drug-likeness (QED) is 0.404. The van der Waals surface area contributed by atoms with Gasteiger partial charge in [0.15, 0.2) is 12.9 Å². The van der Waals surface area contributed by atoms with Crippen LogP contribution in [0.15, 0.2) is 48.5 Å². The van der Waals surface area contributed by atoms with Gasteiger partial charge in [0, 0.05) is 17.0 Å². The summed E-state index contributed by atoms with van der Waals surface area (Å²) >= 11 is -0.255. The monoisotopic (exact) mass is 437 g/mol. The standard InChI is InChI=1S/C20H26IOSi/c1-20(2,3)19(22)15-12-13-18(23(4,5)6)17(14-15)21-16-10-8-7-9-11-16/h7-14H,1-6H3/q+1. The minimum atomic E-state index is -1.42. The Labute approximate surface area is 151 Å². The largest absolute Gasteiger partial charge is 0.357 e. The van der Waals surface area contributed by atoms with Gasteiger partial charge in [-0.1, -0.05) is 70.7 Å². The summed E-state index contributed by atoms with van der Waals surface area (Å²) in [6, 6.07) is 17.1. The molecule has 2 rings (SSSR count). The molecule has 122 valence electrons. The second-order valence-corrected chi connectivity index (χ2v) is 15.9. The molecule has 0 heterocycles.